The van der Waals surface area contributed by atoms with E-state index in [4.69, 9.17) is 19.4 Å². The van der Waals surface area contributed by atoms with Gasteiger partial charge in [-0.3, -0.25) is 4.79 Å². The Bertz CT molecular complexity index is 892. The lowest BCUT2D eigenvalue weighted by atomic mass is 10.0. The van der Waals surface area contributed by atoms with Gasteiger partial charge in [-0.05, 0) is 48.9 Å². The standard InChI is InChI=1S/C18H17NO3.CH2O2/c1-11-8-15(19-16-10-13(20)5-6-14(11)16)12-4-7-17(21-2)18(9-12)22-3;2-1-3/h4-10,20H,1-3H3;1H,(H,2,3). The van der Waals surface area contributed by atoms with Gasteiger partial charge < -0.3 is 19.7 Å². The number of carbonyl (C=O) groups is 1. The largest absolute Gasteiger partial charge is 0.508 e. The number of phenolic OH excluding ortho intramolecular Hbond substituents is 1. The highest BCUT2D eigenvalue weighted by atomic mass is 16.5. The lowest BCUT2D eigenvalue weighted by molar-refractivity contribution is -0.122. The molecule has 0 aliphatic rings. The summed E-state index contributed by atoms with van der Waals surface area (Å²) in [7, 11) is 3.22. The first kappa shape index (κ1) is 18.1. The molecule has 1 aromatic heterocycles. The Kier molecular flexibility index (Phi) is 5.79. The van der Waals surface area contributed by atoms with E-state index in [0.29, 0.717) is 11.5 Å². The third kappa shape index (κ3) is 3.98. The van der Waals surface area contributed by atoms with Crippen molar-refractivity contribution in [1.82, 2.24) is 4.98 Å². The van der Waals surface area contributed by atoms with Gasteiger partial charge in [0.05, 0.1) is 25.4 Å². The quantitative estimate of drug-likeness (QED) is 0.707. The summed E-state index contributed by atoms with van der Waals surface area (Å²) in [6.07, 6.45) is 0. The number of pyridine rings is 1. The van der Waals surface area contributed by atoms with E-state index in [2.05, 4.69) is 4.98 Å². The van der Waals surface area contributed by atoms with E-state index in [1.54, 1.807) is 26.4 Å². The molecule has 2 N–H and O–H groups in total. The van der Waals surface area contributed by atoms with E-state index >= 15 is 0 Å². The molecule has 6 heteroatoms. The molecule has 0 saturated carbocycles. The third-order valence-corrected chi connectivity index (χ3v) is 3.68. The van der Waals surface area contributed by atoms with Gasteiger partial charge in [0.25, 0.3) is 6.47 Å². The molecule has 3 aromatic rings. The number of hydrogen-bond donors (Lipinski definition) is 2. The number of phenols is 1. The Labute approximate surface area is 145 Å². The van der Waals surface area contributed by atoms with Crippen LogP contribution in [0.5, 0.6) is 17.2 Å². The molecule has 130 valence electrons. The van der Waals surface area contributed by atoms with Crippen molar-refractivity contribution >= 4 is 17.4 Å². The number of ether oxygens (including phenoxy) is 2. The second-order valence-corrected chi connectivity index (χ2v) is 5.20. The van der Waals surface area contributed by atoms with Crippen molar-refractivity contribution in [3.8, 4) is 28.5 Å². The Balaban J connectivity index is 0.000000701. The van der Waals surface area contributed by atoms with E-state index in [-0.39, 0.29) is 12.2 Å². The van der Waals surface area contributed by atoms with Gasteiger partial charge in [0, 0.05) is 17.0 Å². The Hall–Kier alpha value is -3.28. The first-order valence-electron chi connectivity index (χ1n) is 7.44. The monoisotopic (exact) mass is 341 g/mol. The van der Waals surface area contributed by atoms with E-state index in [1.807, 2.05) is 37.3 Å². The van der Waals surface area contributed by atoms with E-state index in [9.17, 15) is 5.11 Å². The Morgan fingerprint density at radius 1 is 1.00 bits per heavy atom. The average molecular weight is 341 g/mol. The lowest BCUT2D eigenvalue weighted by Crippen LogP contribution is -1.93. The van der Waals surface area contributed by atoms with Crippen LogP contribution in [-0.4, -0.2) is 35.9 Å². The molecule has 0 fully saturated rings. The molecule has 3 rings (SSSR count). The van der Waals surface area contributed by atoms with E-state index in [0.717, 1.165) is 27.7 Å². The zero-order chi connectivity index (χ0) is 18.4. The SMILES string of the molecule is COc1ccc(-c2cc(C)c3ccc(O)cc3n2)cc1OC.O=CO. The fourth-order valence-corrected chi connectivity index (χ4v) is 2.53. The summed E-state index contributed by atoms with van der Waals surface area (Å²) in [6, 6.07) is 13.0. The van der Waals surface area contributed by atoms with Crippen LogP contribution in [0.3, 0.4) is 0 Å². The van der Waals surface area contributed by atoms with Gasteiger partial charge in [-0.2, -0.15) is 0 Å². The minimum atomic E-state index is -0.250. The van der Waals surface area contributed by atoms with Crippen LogP contribution in [0.4, 0.5) is 0 Å². The molecule has 0 saturated heterocycles. The molecular weight excluding hydrogens is 322 g/mol. The summed E-state index contributed by atoms with van der Waals surface area (Å²) in [5.41, 5.74) is 3.64. The number of hydrogen-bond acceptors (Lipinski definition) is 5. The molecule has 2 aromatic carbocycles. The molecule has 0 spiro atoms. The van der Waals surface area contributed by atoms with Crippen molar-refractivity contribution in [3.05, 3.63) is 48.0 Å². The zero-order valence-electron chi connectivity index (χ0n) is 14.2. The Morgan fingerprint density at radius 2 is 1.68 bits per heavy atom. The zero-order valence-corrected chi connectivity index (χ0v) is 14.2. The summed E-state index contributed by atoms with van der Waals surface area (Å²) in [4.78, 5) is 13.0. The minimum absolute atomic E-state index is 0.212. The highest BCUT2D eigenvalue weighted by molar-refractivity contribution is 5.86. The van der Waals surface area contributed by atoms with E-state index < -0.39 is 0 Å². The smallest absolute Gasteiger partial charge is 0.290 e. The fourth-order valence-electron chi connectivity index (χ4n) is 2.53. The number of rotatable bonds is 3. The summed E-state index contributed by atoms with van der Waals surface area (Å²) in [5.74, 6) is 1.56. The fraction of sp³-hybridized carbons (Fsp3) is 0.158. The average Bonchev–Trinajstić information content (AvgIpc) is 2.61. The van der Waals surface area contributed by atoms with E-state index in [1.165, 1.54) is 0 Å². The molecule has 6 nitrogen and oxygen atoms in total. The van der Waals surface area contributed by atoms with Crippen LogP contribution < -0.4 is 9.47 Å². The summed E-state index contributed by atoms with van der Waals surface area (Å²) in [6.45, 7) is 1.78. The second kappa shape index (κ2) is 8.01. The Morgan fingerprint density at radius 3 is 2.32 bits per heavy atom. The van der Waals surface area contributed by atoms with Gasteiger partial charge in [-0.25, -0.2) is 4.98 Å². The maximum Gasteiger partial charge on any atom is 0.290 e. The number of methoxy groups -OCH3 is 2. The highest BCUT2D eigenvalue weighted by Crippen LogP contribution is 2.33. The van der Waals surface area contributed by atoms with Crippen LogP contribution in [0.25, 0.3) is 22.2 Å². The summed E-state index contributed by atoms with van der Waals surface area (Å²) in [5, 5.41) is 17.6. The molecule has 25 heavy (non-hydrogen) atoms. The van der Waals surface area contributed by atoms with Crippen molar-refractivity contribution in [2.24, 2.45) is 0 Å². The number of aromatic hydroxyl groups is 1. The van der Waals surface area contributed by atoms with Gasteiger partial charge in [-0.15, -0.1) is 0 Å². The van der Waals surface area contributed by atoms with Crippen molar-refractivity contribution in [1.29, 1.82) is 0 Å². The molecular formula is C19H19NO5. The van der Waals surface area contributed by atoms with Crippen LogP contribution >= 0.6 is 0 Å². The molecule has 0 bridgehead atoms. The number of aromatic nitrogens is 1. The van der Waals surface area contributed by atoms with Gasteiger partial charge >= 0.3 is 0 Å². The van der Waals surface area contributed by atoms with Gasteiger partial charge in [0.2, 0.25) is 0 Å². The maximum absolute atomic E-state index is 9.66. The normalized spacial score (nSPS) is 9.88. The molecule has 0 radical (unpaired) electrons. The van der Waals surface area contributed by atoms with Crippen LogP contribution in [-0.2, 0) is 4.79 Å². The number of nitrogens with zero attached hydrogens (tertiary/aromatic N) is 1. The molecule has 0 aliphatic heterocycles. The highest BCUT2D eigenvalue weighted by Gasteiger charge is 2.09. The van der Waals surface area contributed by atoms with Crippen LogP contribution in [0.15, 0.2) is 42.5 Å². The van der Waals surface area contributed by atoms with Crippen molar-refractivity contribution < 1.29 is 24.5 Å². The predicted molar refractivity (Wildman–Crippen MR) is 95.4 cm³/mol. The number of aryl methyl sites for hydroxylation is 1. The first-order chi connectivity index (χ1) is 12.0. The molecule has 0 aliphatic carbocycles. The number of fused-ring (bicyclic) bond motifs is 1. The number of carboxylic acid groups (broad SMARTS) is 1. The van der Waals surface area contributed by atoms with Gasteiger partial charge in [-0.1, -0.05) is 0 Å². The van der Waals surface area contributed by atoms with Crippen LogP contribution in [0.1, 0.15) is 5.56 Å². The first-order valence-corrected chi connectivity index (χ1v) is 7.44. The van der Waals surface area contributed by atoms with Crippen LogP contribution in [0.2, 0.25) is 0 Å². The van der Waals surface area contributed by atoms with Crippen molar-refractivity contribution in [3.63, 3.8) is 0 Å². The minimum Gasteiger partial charge on any atom is -0.508 e. The predicted octanol–water partition coefficient (Wildman–Crippen LogP) is 3.63. The second-order valence-electron chi connectivity index (χ2n) is 5.20. The molecule has 0 amide bonds. The third-order valence-electron chi connectivity index (χ3n) is 3.68. The topological polar surface area (TPSA) is 88.9 Å². The molecule has 0 unspecified atom stereocenters. The molecule has 0 atom stereocenters. The summed E-state index contributed by atoms with van der Waals surface area (Å²) < 4.78 is 10.6. The number of benzene rings is 2. The van der Waals surface area contributed by atoms with Gasteiger partial charge in [0.15, 0.2) is 11.5 Å². The maximum atomic E-state index is 9.66. The van der Waals surface area contributed by atoms with Gasteiger partial charge in [0.1, 0.15) is 5.75 Å². The lowest BCUT2D eigenvalue weighted by Gasteiger charge is -2.11. The molecule has 1 heterocycles. The summed E-state index contributed by atoms with van der Waals surface area (Å²) >= 11 is 0. The van der Waals surface area contributed by atoms with Crippen LogP contribution in [0, 0.1) is 6.92 Å². The van der Waals surface area contributed by atoms with Crippen molar-refractivity contribution in [2.75, 3.05) is 14.2 Å². The van der Waals surface area contributed by atoms with Crippen molar-refractivity contribution in [2.45, 2.75) is 6.92 Å².